The SMILES string of the molecule is O=C(CC(c1ccccc1)c1ccccc1)Nc1ccc(N2CCOCC2)c(F)c1. The van der Waals surface area contributed by atoms with Crippen LogP contribution in [0.5, 0.6) is 0 Å². The highest BCUT2D eigenvalue weighted by Gasteiger charge is 2.19. The van der Waals surface area contributed by atoms with Crippen molar-refractivity contribution in [3.05, 3.63) is 95.8 Å². The fraction of sp³-hybridized carbons (Fsp3) is 0.240. The lowest BCUT2D eigenvalue weighted by atomic mass is 9.88. The molecule has 1 amide bonds. The zero-order valence-corrected chi connectivity index (χ0v) is 16.8. The highest BCUT2D eigenvalue weighted by Crippen LogP contribution is 2.29. The zero-order chi connectivity index (χ0) is 20.8. The molecule has 154 valence electrons. The van der Waals surface area contributed by atoms with Gasteiger partial charge in [0.2, 0.25) is 5.91 Å². The van der Waals surface area contributed by atoms with Crippen molar-refractivity contribution >= 4 is 17.3 Å². The summed E-state index contributed by atoms with van der Waals surface area (Å²) in [6.45, 7) is 2.52. The molecule has 0 aliphatic carbocycles. The van der Waals surface area contributed by atoms with Crippen LogP contribution >= 0.6 is 0 Å². The molecule has 0 radical (unpaired) electrons. The van der Waals surface area contributed by atoms with Crippen molar-refractivity contribution in [2.24, 2.45) is 0 Å². The van der Waals surface area contributed by atoms with Gasteiger partial charge >= 0.3 is 0 Å². The van der Waals surface area contributed by atoms with Crippen LogP contribution in [0.1, 0.15) is 23.5 Å². The number of nitrogens with one attached hydrogen (secondary N) is 1. The molecule has 4 rings (SSSR count). The molecule has 1 heterocycles. The number of benzene rings is 3. The van der Waals surface area contributed by atoms with Crippen molar-refractivity contribution in [2.45, 2.75) is 12.3 Å². The lowest BCUT2D eigenvalue weighted by Crippen LogP contribution is -2.36. The van der Waals surface area contributed by atoms with Crippen LogP contribution in [0.4, 0.5) is 15.8 Å². The van der Waals surface area contributed by atoms with Crippen LogP contribution in [0.2, 0.25) is 0 Å². The third kappa shape index (κ3) is 4.86. The average molecular weight is 404 g/mol. The molecule has 1 N–H and O–H groups in total. The number of carbonyl (C=O) groups is 1. The van der Waals surface area contributed by atoms with E-state index in [4.69, 9.17) is 4.74 Å². The lowest BCUT2D eigenvalue weighted by Gasteiger charge is -2.29. The van der Waals surface area contributed by atoms with Crippen LogP contribution in [0.3, 0.4) is 0 Å². The second kappa shape index (κ2) is 9.55. The molecule has 0 atom stereocenters. The largest absolute Gasteiger partial charge is 0.378 e. The molecule has 1 saturated heterocycles. The van der Waals surface area contributed by atoms with Gasteiger partial charge in [0.05, 0.1) is 18.9 Å². The minimum absolute atomic E-state index is 0.0649. The number of morpholine rings is 1. The fourth-order valence-corrected chi connectivity index (χ4v) is 3.84. The minimum Gasteiger partial charge on any atom is -0.378 e. The molecule has 5 heteroatoms. The van der Waals surface area contributed by atoms with Gasteiger partial charge in [-0.3, -0.25) is 4.79 Å². The van der Waals surface area contributed by atoms with E-state index in [2.05, 4.69) is 5.32 Å². The summed E-state index contributed by atoms with van der Waals surface area (Å²) >= 11 is 0. The van der Waals surface area contributed by atoms with Gasteiger partial charge in [-0.25, -0.2) is 4.39 Å². The number of hydrogen-bond donors (Lipinski definition) is 1. The fourth-order valence-electron chi connectivity index (χ4n) is 3.84. The van der Waals surface area contributed by atoms with Crippen molar-refractivity contribution < 1.29 is 13.9 Å². The summed E-state index contributed by atoms with van der Waals surface area (Å²) in [5.41, 5.74) is 3.16. The van der Waals surface area contributed by atoms with Gasteiger partial charge in [-0.05, 0) is 29.3 Å². The highest BCUT2D eigenvalue weighted by molar-refractivity contribution is 5.91. The minimum atomic E-state index is -0.336. The Hall–Kier alpha value is -3.18. The van der Waals surface area contributed by atoms with E-state index in [1.54, 1.807) is 12.1 Å². The summed E-state index contributed by atoms with van der Waals surface area (Å²) in [5, 5.41) is 2.86. The molecule has 0 spiro atoms. The maximum atomic E-state index is 14.6. The number of nitrogens with zero attached hydrogens (tertiary/aromatic N) is 1. The van der Waals surface area contributed by atoms with E-state index >= 15 is 0 Å². The molecule has 30 heavy (non-hydrogen) atoms. The molecular formula is C25H25FN2O2. The third-order valence-electron chi connectivity index (χ3n) is 5.38. The molecule has 4 nitrogen and oxygen atoms in total. The summed E-state index contributed by atoms with van der Waals surface area (Å²) in [4.78, 5) is 14.8. The Morgan fingerprint density at radius 2 is 1.53 bits per heavy atom. The summed E-state index contributed by atoms with van der Waals surface area (Å²) < 4.78 is 20.0. The van der Waals surface area contributed by atoms with Crippen LogP contribution in [-0.4, -0.2) is 32.2 Å². The first-order valence-corrected chi connectivity index (χ1v) is 10.2. The second-order valence-electron chi connectivity index (χ2n) is 7.39. The molecule has 0 aromatic heterocycles. The number of anilines is 2. The molecule has 0 bridgehead atoms. The standard InChI is InChI=1S/C25H25FN2O2/c26-23-17-21(11-12-24(23)28-13-15-30-16-14-28)27-25(29)18-22(19-7-3-1-4-8-19)20-9-5-2-6-10-20/h1-12,17,22H,13-16,18H2,(H,27,29). The summed E-state index contributed by atoms with van der Waals surface area (Å²) in [5.74, 6) is -0.548. The number of hydrogen-bond acceptors (Lipinski definition) is 3. The first-order chi connectivity index (χ1) is 14.7. The van der Waals surface area contributed by atoms with E-state index < -0.39 is 0 Å². The van der Waals surface area contributed by atoms with Crippen molar-refractivity contribution in [1.29, 1.82) is 0 Å². The van der Waals surface area contributed by atoms with Gasteiger partial charge in [0.25, 0.3) is 0 Å². The van der Waals surface area contributed by atoms with Crippen LogP contribution in [0.25, 0.3) is 0 Å². The molecule has 0 unspecified atom stereocenters. The number of amides is 1. The van der Waals surface area contributed by atoms with Crippen molar-refractivity contribution in [3.8, 4) is 0 Å². The Morgan fingerprint density at radius 1 is 0.933 bits per heavy atom. The Kier molecular flexibility index (Phi) is 6.40. The van der Waals surface area contributed by atoms with Gasteiger partial charge < -0.3 is 15.0 Å². The van der Waals surface area contributed by atoms with Gasteiger partial charge in [0, 0.05) is 31.1 Å². The van der Waals surface area contributed by atoms with Gasteiger partial charge in [-0.2, -0.15) is 0 Å². The van der Waals surface area contributed by atoms with Crippen molar-refractivity contribution in [3.63, 3.8) is 0 Å². The van der Waals surface area contributed by atoms with Crippen LogP contribution < -0.4 is 10.2 Å². The second-order valence-corrected chi connectivity index (χ2v) is 7.39. The van der Waals surface area contributed by atoms with E-state index in [1.807, 2.05) is 65.6 Å². The third-order valence-corrected chi connectivity index (χ3v) is 5.38. The first kappa shape index (κ1) is 20.1. The maximum Gasteiger partial charge on any atom is 0.225 e. The van der Waals surface area contributed by atoms with Crippen LogP contribution in [-0.2, 0) is 9.53 Å². The smallest absolute Gasteiger partial charge is 0.225 e. The number of halogens is 1. The van der Waals surface area contributed by atoms with E-state index in [-0.39, 0.29) is 24.1 Å². The van der Waals surface area contributed by atoms with E-state index in [0.29, 0.717) is 37.7 Å². The predicted molar refractivity (Wildman–Crippen MR) is 117 cm³/mol. The predicted octanol–water partition coefficient (Wildman–Crippen LogP) is 4.82. The Bertz CT molecular complexity index is 933. The van der Waals surface area contributed by atoms with Crippen LogP contribution in [0.15, 0.2) is 78.9 Å². The van der Waals surface area contributed by atoms with Crippen LogP contribution in [0, 0.1) is 5.82 Å². The summed E-state index contributed by atoms with van der Waals surface area (Å²) in [6.07, 6.45) is 0.279. The normalized spacial score (nSPS) is 14.0. The van der Waals surface area contributed by atoms with Gasteiger partial charge in [-0.1, -0.05) is 60.7 Å². The van der Waals surface area contributed by atoms with E-state index in [1.165, 1.54) is 6.07 Å². The molecule has 3 aromatic carbocycles. The molecule has 1 fully saturated rings. The summed E-state index contributed by atoms with van der Waals surface area (Å²) in [6, 6.07) is 24.8. The first-order valence-electron chi connectivity index (χ1n) is 10.2. The van der Waals surface area contributed by atoms with Crippen molar-refractivity contribution in [2.75, 3.05) is 36.5 Å². The number of carbonyl (C=O) groups excluding carboxylic acids is 1. The number of ether oxygens (including phenoxy) is 1. The molecule has 0 saturated carbocycles. The van der Waals surface area contributed by atoms with Gasteiger partial charge in [0.15, 0.2) is 0 Å². The quantitative estimate of drug-likeness (QED) is 0.640. The Labute approximate surface area is 176 Å². The molecule has 1 aliphatic rings. The van der Waals surface area contributed by atoms with E-state index in [0.717, 1.165) is 11.1 Å². The average Bonchev–Trinajstić information content (AvgIpc) is 2.79. The van der Waals surface area contributed by atoms with E-state index in [9.17, 15) is 9.18 Å². The zero-order valence-electron chi connectivity index (χ0n) is 16.8. The van der Waals surface area contributed by atoms with Gasteiger partial charge in [0.1, 0.15) is 5.82 Å². The topological polar surface area (TPSA) is 41.6 Å². The van der Waals surface area contributed by atoms with Gasteiger partial charge in [-0.15, -0.1) is 0 Å². The van der Waals surface area contributed by atoms with Crippen molar-refractivity contribution in [1.82, 2.24) is 0 Å². The molecule has 1 aliphatic heterocycles. The monoisotopic (exact) mass is 404 g/mol. The number of rotatable bonds is 6. The Morgan fingerprint density at radius 3 is 2.10 bits per heavy atom. The molecular weight excluding hydrogens is 379 g/mol. The molecule has 3 aromatic rings. The lowest BCUT2D eigenvalue weighted by molar-refractivity contribution is -0.116. The highest BCUT2D eigenvalue weighted by atomic mass is 19.1. The Balaban J connectivity index is 1.48. The summed E-state index contributed by atoms with van der Waals surface area (Å²) in [7, 11) is 0. The maximum absolute atomic E-state index is 14.6.